The average Bonchev–Trinajstić information content (AvgIpc) is 3.46. The Hall–Kier alpha value is -4.08. The summed E-state index contributed by atoms with van der Waals surface area (Å²) in [7, 11) is 0. The molecule has 4 atom stereocenters. The van der Waals surface area contributed by atoms with Crippen molar-refractivity contribution in [2.45, 2.75) is 82.5 Å². The molecule has 0 spiro atoms. The fourth-order valence-corrected chi connectivity index (χ4v) is 5.24. The van der Waals surface area contributed by atoms with Crippen LogP contribution in [0.3, 0.4) is 0 Å². The first-order chi connectivity index (χ1) is 19.3. The van der Waals surface area contributed by atoms with Crippen molar-refractivity contribution < 1.29 is 24.0 Å². The molecule has 0 bridgehead atoms. The van der Waals surface area contributed by atoms with Crippen LogP contribution in [0.25, 0.3) is 11.1 Å². The lowest BCUT2D eigenvalue weighted by molar-refractivity contribution is -0.144. The van der Waals surface area contributed by atoms with Gasteiger partial charge < -0.3 is 25.6 Å². The minimum Gasteiger partial charge on any atom is -0.343 e. The largest absolute Gasteiger partial charge is 0.343 e. The van der Waals surface area contributed by atoms with E-state index in [-0.39, 0.29) is 31.6 Å². The molecule has 0 saturated carbocycles. The second kappa shape index (κ2) is 12.8. The third kappa shape index (κ3) is 6.55. The highest BCUT2D eigenvalue weighted by molar-refractivity contribution is 5.99. The van der Waals surface area contributed by atoms with E-state index >= 15 is 0 Å². The first-order valence-electron chi connectivity index (χ1n) is 13.9. The number of carbonyl (C=O) groups excluding carboxylic acids is 5. The standard InChI is InChI=1S/C30H37N5O5/c1-3-30(2)29(40)33-24(19-20-9-11-21(12-10-20)22-13-15-31-16-14-22)28(39)35-17-6-8-25(35)27(38)32-23(26(37)34-30)7-4-5-18-36/h9-16,18,23-25H,3-8,17,19H2,1-2H3,(H,32,38)(H,33,40)(H,34,37)/t23-,24-,25+,30-/m0/s1. The number of aldehydes is 1. The Morgan fingerprint density at radius 1 is 0.975 bits per heavy atom. The van der Waals surface area contributed by atoms with Crippen molar-refractivity contribution in [2.24, 2.45) is 0 Å². The number of aromatic nitrogens is 1. The van der Waals surface area contributed by atoms with Crippen molar-refractivity contribution in [1.29, 1.82) is 0 Å². The van der Waals surface area contributed by atoms with Crippen LogP contribution >= 0.6 is 0 Å². The Balaban J connectivity index is 1.62. The monoisotopic (exact) mass is 547 g/mol. The summed E-state index contributed by atoms with van der Waals surface area (Å²) < 4.78 is 0. The summed E-state index contributed by atoms with van der Waals surface area (Å²) in [6, 6.07) is 9.01. The van der Waals surface area contributed by atoms with Gasteiger partial charge in [0.25, 0.3) is 0 Å². The van der Waals surface area contributed by atoms with Crippen LogP contribution in [-0.4, -0.2) is 70.0 Å². The van der Waals surface area contributed by atoms with Gasteiger partial charge in [-0.05, 0) is 67.9 Å². The molecular weight excluding hydrogens is 510 g/mol. The number of hydrogen-bond acceptors (Lipinski definition) is 6. The smallest absolute Gasteiger partial charge is 0.246 e. The number of fused-ring (bicyclic) bond motifs is 1. The van der Waals surface area contributed by atoms with E-state index in [1.165, 1.54) is 4.90 Å². The van der Waals surface area contributed by atoms with Crippen LogP contribution < -0.4 is 16.0 Å². The molecule has 2 saturated heterocycles. The van der Waals surface area contributed by atoms with E-state index in [1.807, 2.05) is 36.4 Å². The zero-order chi connectivity index (χ0) is 28.7. The minimum atomic E-state index is -1.31. The van der Waals surface area contributed by atoms with Crippen molar-refractivity contribution in [3.05, 3.63) is 54.4 Å². The van der Waals surface area contributed by atoms with Gasteiger partial charge in [-0.15, -0.1) is 0 Å². The van der Waals surface area contributed by atoms with E-state index in [1.54, 1.807) is 26.2 Å². The number of unbranched alkanes of at least 4 members (excludes halogenated alkanes) is 1. The topological polar surface area (TPSA) is 138 Å². The highest BCUT2D eigenvalue weighted by Gasteiger charge is 2.43. The minimum absolute atomic E-state index is 0.230. The number of hydrogen-bond donors (Lipinski definition) is 3. The number of rotatable bonds is 8. The van der Waals surface area contributed by atoms with Gasteiger partial charge in [0.1, 0.15) is 30.0 Å². The molecule has 212 valence electrons. The molecule has 4 rings (SSSR count). The van der Waals surface area contributed by atoms with Crippen molar-refractivity contribution in [2.75, 3.05) is 6.54 Å². The number of carbonyl (C=O) groups is 5. The maximum Gasteiger partial charge on any atom is 0.246 e. The summed E-state index contributed by atoms with van der Waals surface area (Å²) in [6.45, 7) is 3.77. The lowest BCUT2D eigenvalue weighted by Crippen LogP contribution is -2.65. The molecule has 1 aromatic carbocycles. The van der Waals surface area contributed by atoms with Crippen LogP contribution in [0, 0.1) is 0 Å². The summed E-state index contributed by atoms with van der Waals surface area (Å²) in [5.74, 6) is -1.68. The van der Waals surface area contributed by atoms with E-state index in [9.17, 15) is 24.0 Å². The Morgan fingerprint density at radius 3 is 2.35 bits per heavy atom. The summed E-state index contributed by atoms with van der Waals surface area (Å²) in [5.41, 5.74) is 1.56. The maximum absolute atomic E-state index is 13.9. The average molecular weight is 548 g/mol. The highest BCUT2D eigenvalue weighted by atomic mass is 16.2. The molecule has 3 N–H and O–H groups in total. The lowest BCUT2D eigenvalue weighted by Gasteiger charge is -2.35. The fourth-order valence-electron chi connectivity index (χ4n) is 5.24. The van der Waals surface area contributed by atoms with Crippen LogP contribution in [0.1, 0.15) is 57.9 Å². The molecule has 0 unspecified atom stereocenters. The van der Waals surface area contributed by atoms with Crippen LogP contribution in [0.2, 0.25) is 0 Å². The SMILES string of the molecule is CC[C@]1(C)NC(=O)[C@H](CCCC=O)NC(=O)[C@H]2CCCN2C(=O)[C@H](Cc2ccc(-c3ccncc3)cc2)NC1=O. The number of amides is 4. The Labute approximate surface area is 234 Å². The molecule has 40 heavy (non-hydrogen) atoms. The summed E-state index contributed by atoms with van der Waals surface area (Å²) >= 11 is 0. The third-order valence-corrected chi connectivity index (χ3v) is 7.90. The zero-order valence-corrected chi connectivity index (χ0v) is 23.0. The molecule has 2 aliphatic heterocycles. The van der Waals surface area contributed by atoms with E-state index < -0.39 is 41.4 Å². The molecule has 2 aromatic rings. The van der Waals surface area contributed by atoms with Crippen LogP contribution in [0.15, 0.2) is 48.8 Å². The first kappa shape index (κ1) is 28.9. The van der Waals surface area contributed by atoms with Gasteiger partial charge in [-0.25, -0.2) is 0 Å². The zero-order valence-electron chi connectivity index (χ0n) is 23.0. The van der Waals surface area contributed by atoms with Crippen molar-refractivity contribution in [3.8, 4) is 11.1 Å². The molecule has 0 radical (unpaired) electrons. The van der Waals surface area contributed by atoms with Crippen molar-refractivity contribution >= 4 is 29.9 Å². The van der Waals surface area contributed by atoms with Gasteiger partial charge >= 0.3 is 0 Å². The Morgan fingerprint density at radius 2 is 1.68 bits per heavy atom. The van der Waals surface area contributed by atoms with Crippen LogP contribution in [0.5, 0.6) is 0 Å². The number of benzene rings is 1. The van der Waals surface area contributed by atoms with E-state index in [4.69, 9.17) is 0 Å². The van der Waals surface area contributed by atoms with E-state index in [0.717, 1.165) is 23.0 Å². The second-order valence-corrected chi connectivity index (χ2v) is 10.7. The van der Waals surface area contributed by atoms with Gasteiger partial charge in [0.2, 0.25) is 23.6 Å². The molecule has 0 aliphatic carbocycles. The van der Waals surface area contributed by atoms with Gasteiger partial charge in [0, 0.05) is 31.8 Å². The molecule has 10 heteroatoms. The summed E-state index contributed by atoms with van der Waals surface area (Å²) in [6.07, 6.45) is 6.73. The van der Waals surface area contributed by atoms with Crippen molar-refractivity contribution in [3.63, 3.8) is 0 Å². The molecular formula is C30H37N5O5. The van der Waals surface area contributed by atoms with Gasteiger partial charge in [-0.3, -0.25) is 24.2 Å². The lowest BCUT2D eigenvalue weighted by atomic mass is 9.94. The molecule has 10 nitrogen and oxygen atoms in total. The summed E-state index contributed by atoms with van der Waals surface area (Å²) in [5, 5.41) is 8.52. The van der Waals surface area contributed by atoms with Gasteiger partial charge in [0.15, 0.2) is 0 Å². The number of nitrogens with zero attached hydrogens (tertiary/aromatic N) is 2. The predicted octanol–water partition coefficient (Wildman–Crippen LogP) is 1.92. The van der Waals surface area contributed by atoms with Crippen molar-refractivity contribution in [1.82, 2.24) is 25.8 Å². The quantitative estimate of drug-likeness (QED) is 0.341. The van der Waals surface area contributed by atoms with Gasteiger partial charge in [-0.1, -0.05) is 31.2 Å². The van der Waals surface area contributed by atoms with Crippen LogP contribution in [-0.2, 0) is 30.4 Å². The van der Waals surface area contributed by atoms with E-state index in [2.05, 4.69) is 20.9 Å². The van der Waals surface area contributed by atoms with Crippen LogP contribution in [0.4, 0.5) is 0 Å². The fraction of sp³-hybridized carbons (Fsp3) is 0.467. The van der Waals surface area contributed by atoms with E-state index in [0.29, 0.717) is 25.8 Å². The Bertz CT molecular complexity index is 1230. The highest BCUT2D eigenvalue weighted by Crippen LogP contribution is 2.23. The molecule has 2 fully saturated rings. The second-order valence-electron chi connectivity index (χ2n) is 10.7. The van der Waals surface area contributed by atoms with Gasteiger partial charge in [-0.2, -0.15) is 0 Å². The molecule has 3 heterocycles. The molecule has 1 aromatic heterocycles. The molecule has 2 aliphatic rings. The summed E-state index contributed by atoms with van der Waals surface area (Å²) in [4.78, 5) is 70.5. The molecule has 4 amide bonds. The third-order valence-electron chi connectivity index (χ3n) is 7.90. The van der Waals surface area contributed by atoms with Gasteiger partial charge in [0.05, 0.1) is 0 Å². The normalized spacial score (nSPS) is 25.6. The first-order valence-corrected chi connectivity index (χ1v) is 13.9. The maximum atomic E-state index is 13.9. The number of nitrogens with one attached hydrogen (secondary N) is 3. The predicted molar refractivity (Wildman–Crippen MR) is 149 cm³/mol. The number of pyridine rings is 1. The Kier molecular flexibility index (Phi) is 9.29.